The third-order valence-electron chi connectivity index (χ3n) is 3.17. The van der Waals surface area contributed by atoms with Crippen LogP contribution in [0.4, 0.5) is 0 Å². The number of phenolic OH excluding ortho intramolecular Hbond substituents is 1. The molecule has 0 atom stereocenters. The number of nitrogens with zero attached hydrogens (tertiary/aromatic N) is 1. The first kappa shape index (κ1) is 15.1. The van der Waals surface area contributed by atoms with E-state index in [4.69, 9.17) is 9.47 Å². The molecule has 1 aromatic rings. The second kappa shape index (κ2) is 7.50. The highest BCUT2D eigenvalue weighted by molar-refractivity contribution is 5.88. The summed E-state index contributed by atoms with van der Waals surface area (Å²) in [5.41, 5.74) is 0.883. The van der Waals surface area contributed by atoms with Gasteiger partial charge in [-0.15, -0.1) is 0 Å². The van der Waals surface area contributed by atoms with Crippen LogP contribution in [0.1, 0.15) is 5.56 Å². The van der Waals surface area contributed by atoms with Crippen molar-refractivity contribution in [2.24, 2.45) is 0 Å². The first-order valence-corrected chi connectivity index (χ1v) is 6.79. The van der Waals surface area contributed by atoms with Gasteiger partial charge in [0.05, 0.1) is 20.3 Å². The van der Waals surface area contributed by atoms with E-state index >= 15 is 0 Å². The fourth-order valence-corrected chi connectivity index (χ4v) is 1.99. The van der Waals surface area contributed by atoms with Crippen LogP contribution in [0.2, 0.25) is 0 Å². The van der Waals surface area contributed by atoms with E-state index in [-0.39, 0.29) is 11.7 Å². The highest BCUT2D eigenvalue weighted by Crippen LogP contribution is 2.26. The normalized spacial score (nSPS) is 15.8. The topological polar surface area (TPSA) is 59.0 Å². The Balaban J connectivity index is 1.92. The molecule has 0 saturated carbocycles. The van der Waals surface area contributed by atoms with E-state index in [0.717, 1.165) is 5.56 Å². The van der Waals surface area contributed by atoms with E-state index in [1.165, 1.54) is 7.11 Å². The number of rotatable bonds is 4. The van der Waals surface area contributed by atoms with Crippen molar-refractivity contribution in [2.75, 3.05) is 33.4 Å². The molecule has 0 unspecified atom stereocenters. The molecule has 1 aromatic carbocycles. The van der Waals surface area contributed by atoms with E-state index in [9.17, 15) is 9.90 Å². The Morgan fingerprint density at radius 1 is 1.33 bits per heavy atom. The zero-order valence-corrected chi connectivity index (χ0v) is 12.0. The molecular formula is C16H19NO4. The van der Waals surface area contributed by atoms with Gasteiger partial charge in [0.15, 0.2) is 11.5 Å². The Kier molecular flexibility index (Phi) is 5.40. The predicted octanol–water partition coefficient (Wildman–Crippen LogP) is 1.83. The van der Waals surface area contributed by atoms with Gasteiger partial charge in [-0.2, -0.15) is 0 Å². The van der Waals surface area contributed by atoms with Gasteiger partial charge in [0.25, 0.3) is 0 Å². The van der Waals surface area contributed by atoms with Crippen molar-refractivity contribution in [1.82, 2.24) is 4.90 Å². The average Bonchev–Trinajstić information content (AvgIpc) is 2.53. The summed E-state index contributed by atoms with van der Waals surface area (Å²) in [5.74, 6) is 0.518. The highest BCUT2D eigenvalue weighted by atomic mass is 16.5. The second-order valence-corrected chi connectivity index (χ2v) is 4.59. The summed E-state index contributed by atoms with van der Waals surface area (Å²) in [6.45, 7) is 2.48. The number of morpholine rings is 1. The third-order valence-corrected chi connectivity index (χ3v) is 3.17. The molecule has 0 spiro atoms. The van der Waals surface area contributed by atoms with Crippen LogP contribution in [-0.2, 0) is 9.53 Å². The van der Waals surface area contributed by atoms with Gasteiger partial charge in [-0.1, -0.05) is 24.3 Å². The molecule has 5 heteroatoms. The van der Waals surface area contributed by atoms with E-state index in [1.807, 2.05) is 6.08 Å². The van der Waals surface area contributed by atoms with Crippen LogP contribution in [0.15, 0.2) is 36.4 Å². The molecule has 0 aromatic heterocycles. The molecule has 2 rings (SSSR count). The van der Waals surface area contributed by atoms with Gasteiger partial charge in [0.2, 0.25) is 5.91 Å². The Bertz CT molecular complexity index is 545. The summed E-state index contributed by atoms with van der Waals surface area (Å²) in [6, 6.07) is 5.07. The molecule has 0 bridgehead atoms. The number of hydrogen-bond donors (Lipinski definition) is 1. The van der Waals surface area contributed by atoms with Crippen LogP contribution in [-0.4, -0.2) is 49.3 Å². The molecule has 5 nitrogen and oxygen atoms in total. The number of phenols is 1. The second-order valence-electron chi connectivity index (χ2n) is 4.59. The van der Waals surface area contributed by atoms with Gasteiger partial charge in [-0.25, -0.2) is 0 Å². The van der Waals surface area contributed by atoms with Gasteiger partial charge in [-0.05, 0) is 17.7 Å². The molecule has 0 aliphatic carbocycles. The Morgan fingerprint density at radius 3 is 2.81 bits per heavy atom. The maximum absolute atomic E-state index is 11.9. The van der Waals surface area contributed by atoms with Crippen molar-refractivity contribution in [2.45, 2.75) is 0 Å². The summed E-state index contributed by atoms with van der Waals surface area (Å²) in [6.07, 6.45) is 6.87. The standard InChI is InChI=1S/C16H19NO4/c1-20-15-12-13(6-7-14(15)18)4-2-3-5-16(19)17-8-10-21-11-9-17/h2-7,12,18H,8-11H2,1H3/b4-2+,5-3+. The van der Waals surface area contributed by atoms with Gasteiger partial charge < -0.3 is 19.5 Å². The van der Waals surface area contributed by atoms with Crippen LogP contribution in [0.5, 0.6) is 11.5 Å². The number of allylic oxidation sites excluding steroid dienone is 2. The number of carbonyl (C=O) groups excluding carboxylic acids is 1. The molecular weight excluding hydrogens is 270 g/mol. The van der Waals surface area contributed by atoms with Crippen molar-refractivity contribution in [3.63, 3.8) is 0 Å². The smallest absolute Gasteiger partial charge is 0.246 e. The fourth-order valence-electron chi connectivity index (χ4n) is 1.99. The maximum atomic E-state index is 11.9. The first-order chi connectivity index (χ1) is 10.2. The van der Waals surface area contributed by atoms with Crippen molar-refractivity contribution in [1.29, 1.82) is 0 Å². The van der Waals surface area contributed by atoms with E-state index in [0.29, 0.717) is 32.1 Å². The van der Waals surface area contributed by atoms with Gasteiger partial charge in [-0.3, -0.25) is 4.79 Å². The highest BCUT2D eigenvalue weighted by Gasteiger charge is 2.13. The lowest BCUT2D eigenvalue weighted by atomic mass is 10.2. The summed E-state index contributed by atoms with van der Waals surface area (Å²) < 4.78 is 10.2. The molecule has 0 radical (unpaired) electrons. The van der Waals surface area contributed by atoms with Gasteiger partial charge in [0.1, 0.15) is 0 Å². The average molecular weight is 289 g/mol. The molecule has 21 heavy (non-hydrogen) atoms. The quantitative estimate of drug-likeness (QED) is 0.678. The minimum atomic E-state index is -0.00811. The molecule has 1 aliphatic rings. The van der Waals surface area contributed by atoms with Crippen LogP contribution >= 0.6 is 0 Å². The predicted molar refractivity (Wildman–Crippen MR) is 80.2 cm³/mol. The Labute approximate surface area is 124 Å². The number of aromatic hydroxyl groups is 1. The number of carbonyl (C=O) groups is 1. The number of amides is 1. The lowest BCUT2D eigenvalue weighted by Crippen LogP contribution is -2.39. The molecule has 112 valence electrons. The molecule has 1 saturated heterocycles. The number of ether oxygens (including phenoxy) is 2. The van der Waals surface area contributed by atoms with Crippen LogP contribution < -0.4 is 4.74 Å². The summed E-state index contributed by atoms with van der Waals surface area (Å²) >= 11 is 0. The van der Waals surface area contributed by atoms with Crippen LogP contribution in [0.3, 0.4) is 0 Å². The number of hydrogen-bond acceptors (Lipinski definition) is 4. The Morgan fingerprint density at radius 2 is 2.10 bits per heavy atom. The maximum Gasteiger partial charge on any atom is 0.246 e. The largest absolute Gasteiger partial charge is 0.504 e. The zero-order chi connectivity index (χ0) is 15.1. The summed E-state index contributed by atoms with van der Waals surface area (Å²) in [4.78, 5) is 13.6. The van der Waals surface area contributed by atoms with Gasteiger partial charge in [0, 0.05) is 19.2 Å². The molecule has 1 N–H and O–H groups in total. The number of methoxy groups -OCH3 is 1. The fraction of sp³-hybridized carbons (Fsp3) is 0.312. The minimum absolute atomic E-state index is 0.00811. The van der Waals surface area contributed by atoms with Crippen molar-refractivity contribution < 1.29 is 19.4 Å². The molecule has 1 fully saturated rings. The van der Waals surface area contributed by atoms with Gasteiger partial charge >= 0.3 is 0 Å². The van der Waals surface area contributed by atoms with Crippen LogP contribution in [0, 0.1) is 0 Å². The third kappa shape index (κ3) is 4.36. The van der Waals surface area contributed by atoms with E-state index in [1.54, 1.807) is 41.3 Å². The Hall–Kier alpha value is -2.27. The summed E-state index contributed by atoms with van der Waals surface area (Å²) in [7, 11) is 1.50. The molecule has 1 heterocycles. The minimum Gasteiger partial charge on any atom is -0.504 e. The van der Waals surface area contributed by atoms with E-state index in [2.05, 4.69) is 0 Å². The lowest BCUT2D eigenvalue weighted by Gasteiger charge is -2.25. The van der Waals surface area contributed by atoms with Crippen molar-refractivity contribution >= 4 is 12.0 Å². The first-order valence-electron chi connectivity index (χ1n) is 6.79. The van der Waals surface area contributed by atoms with E-state index < -0.39 is 0 Å². The molecule has 1 amide bonds. The summed E-state index contributed by atoms with van der Waals surface area (Å²) in [5, 5.41) is 9.50. The van der Waals surface area contributed by atoms with Crippen molar-refractivity contribution in [3.8, 4) is 11.5 Å². The molecule has 1 aliphatic heterocycles. The zero-order valence-electron chi connectivity index (χ0n) is 12.0. The monoisotopic (exact) mass is 289 g/mol. The van der Waals surface area contributed by atoms with Crippen LogP contribution in [0.25, 0.3) is 6.08 Å². The van der Waals surface area contributed by atoms with Crippen molar-refractivity contribution in [3.05, 3.63) is 42.0 Å². The number of benzene rings is 1. The lowest BCUT2D eigenvalue weighted by molar-refractivity contribution is -0.129. The SMILES string of the molecule is COc1cc(/C=C/C=C/C(=O)N2CCOCC2)ccc1O.